The first-order chi connectivity index (χ1) is 19.4. The fraction of sp³-hybridized carbons (Fsp3) is 0. The fourth-order valence-corrected chi connectivity index (χ4v) is 5.03. The standard InChI is InChI=1S/C30H8F2N8/c31-17-5-1-15(2-6-17)23-19(9-33)25-21(11-35)26-20(10-34)24(16-3-7-18(32)8-4-16)30(40-14-38)28(26)22(12-36)27(25)29(23)39-13-37/h1-8H. The highest BCUT2D eigenvalue weighted by molar-refractivity contribution is 6.18. The Labute approximate surface area is 224 Å². The maximum atomic E-state index is 13.7. The van der Waals surface area contributed by atoms with E-state index in [0.717, 1.165) is 24.3 Å². The molecule has 5 aromatic carbocycles. The van der Waals surface area contributed by atoms with E-state index < -0.39 is 11.6 Å². The van der Waals surface area contributed by atoms with Crippen LogP contribution in [0.4, 0.5) is 8.78 Å². The number of nitrogens with zero attached hydrogens (tertiary/aromatic N) is 8. The van der Waals surface area contributed by atoms with Gasteiger partial charge in [-0.3, -0.25) is 0 Å². The van der Waals surface area contributed by atoms with Gasteiger partial charge in [0.2, 0.25) is 12.4 Å². The van der Waals surface area contributed by atoms with Crippen molar-refractivity contribution in [2.45, 2.75) is 0 Å². The molecule has 0 spiro atoms. The van der Waals surface area contributed by atoms with E-state index in [0.29, 0.717) is 11.1 Å². The summed E-state index contributed by atoms with van der Waals surface area (Å²) in [6.45, 7) is 0. The van der Waals surface area contributed by atoms with Gasteiger partial charge >= 0.3 is 0 Å². The highest BCUT2D eigenvalue weighted by atomic mass is 19.1. The minimum absolute atomic E-state index is 0.0292. The van der Waals surface area contributed by atoms with Crippen LogP contribution in [0.2, 0.25) is 0 Å². The van der Waals surface area contributed by atoms with Crippen molar-refractivity contribution in [2.24, 2.45) is 9.98 Å². The summed E-state index contributed by atoms with van der Waals surface area (Å²) in [7, 11) is 0. The molecule has 40 heavy (non-hydrogen) atoms. The molecule has 5 rings (SSSR count). The number of halogens is 2. The zero-order chi connectivity index (χ0) is 28.6. The lowest BCUT2D eigenvalue weighted by atomic mass is 9.94. The van der Waals surface area contributed by atoms with Crippen molar-refractivity contribution in [1.82, 2.24) is 0 Å². The molecule has 0 bridgehead atoms. The molecule has 10 heteroatoms. The van der Waals surface area contributed by atoms with Crippen LogP contribution in [0, 0.1) is 79.9 Å². The first kappa shape index (κ1) is 25.0. The Bertz CT molecular complexity index is 2130. The Hall–Kier alpha value is -6.72. The Kier molecular flexibility index (Phi) is 6.00. The summed E-state index contributed by atoms with van der Waals surface area (Å²) in [6.07, 6.45) is 3.31. The van der Waals surface area contributed by atoms with E-state index in [9.17, 15) is 40.4 Å². The quantitative estimate of drug-likeness (QED) is 0.306. The second-order valence-corrected chi connectivity index (χ2v) is 8.33. The van der Waals surface area contributed by atoms with E-state index in [2.05, 4.69) is 9.98 Å². The third-order valence-electron chi connectivity index (χ3n) is 6.48. The molecule has 0 aliphatic rings. The Balaban J connectivity index is 2.19. The van der Waals surface area contributed by atoms with Crippen molar-refractivity contribution in [1.29, 1.82) is 31.6 Å². The monoisotopic (exact) mass is 518 g/mol. The summed E-state index contributed by atoms with van der Waals surface area (Å²) in [5.41, 5.74) is 0.196. The molecule has 0 atom stereocenters. The molecule has 0 unspecified atom stereocenters. The Morgan fingerprint density at radius 3 is 1.07 bits per heavy atom. The summed E-state index contributed by atoms with van der Waals surface area (Å²) in [6, 6.07) is 18.1. The van der Waals surface area contributed by atoms with Crippen molar-refractivity contribution < 1.29 is 8.78 Å². The molecule has 0 radical (unpaired) electrons. The van der Waals surface area contributed by atoms with Gasteiger partial charge in [-0.2, -0.15) is 41.6 Å². The fourth-order valence-electron chi connectivity index (χ4n) is 5.03. The lowest BCUT2D eigenvalue weighted by molar-refractivity contribution is 0.627. The minimum atomic E-state index is -0.555. The molecule has 0 aliphatic heterocycles. The zero-order valence-corrected chi connectivity index (χ0v) is 20.0. The van der Waals surface area contributed by atoms with Crippen LogP contribution in [0.1, 0.15) is 22.3 Å². The van der Waals surface area contributed by atoms with Gasteiger partial charge in [0.25, 0.3) is 0 Å². The summed E-state index contributed by atoms with van der Waals surface area (Å²) in [5, 5.41) is 60.0. The molecule has 0 fully saturated rings. The lowest BCUT2D eigenvalue weighted by Gasteiger charge is -2.03. The second kappa shape index (κ2) is 9.63. The zero-order valence-electron chi connectivity index (χ0n) is 20.0. The van der Waals surface area contributed by atoms with Crippen molar-refractivity contribution >= 4 is 21.5 Å². The van der Waals surface area contributed by atoms with E-state index in [1.54, 1.807) is 12.4 Å². The average molecular weight is 518 g/mol. The molecular weight excluding hydrogens is 510 g/mol. The molecule has 0 saturated carbocycles. The SMILES string of the molecule is N#CN=c1c(-c2ccc(F)cc2)c(C#N)c2c(C#N)c3c(C#N)c(-c4ccc(F)cc4)c(=NC#N)c3c(C#N)c12. The number of benzene rings is 3. The predicted octanol–water partition coefficient (Wildman–Crippen LogP) is 4.73. The van der Waals surface area contributed by atoms with Gasteiger partial charge in [-0.05, 0) is 35.4 Å². The van der Waals surface area contributed by atoms with Crippen LogP contribution in [0.3, 0.4) is 0 Å². The van der Waals surface area contributed by atoms with Gasteiger partial charge in [-0.15, -0.1) is 0 Å². The largest absolute Gasteiger partial charge is 0.207 e. The van der Waals surface area contributed by atoms with E-state index in [4.69, 9.17) is 0 Å². The van der Waals surface area contributed by atoms with E-state index in [-0.39, 0.29) is 65.6 Å². The summed E-state index contributed by atoms with van der Waals surface area (Å²) in [5.74, 6) is -1.11. The average Bonchev–Trinajstić information content (AvgIpc) is 3.46. The Morgan fingerprint density at radius 2 is 0.775 bits per heavy atom. The van der Waals surface area contributed by atoms with Gasteiger partial charge < -0.3 is 0 Å². The van der Waals surface area contributed by atoms with Crippen molar-refractivity contribution in [2.75, 3.05) is 0 Å². The van der Waals surface area contributed by atoms with Gasteiger partial charge in [0.1, 0.15) is 35.9 Å². The molecule has 5 aromatic rings. The van der Waals surface area contributed by atoms with Gasteiger partial charge in [0.15, 0.2) is 0 Å². The number of hydrogen-bond acceptors (Lipinski definition) is 8. The van der Waals surface area contributed by atoms with Gasteiger partial charge in [-0.1, -0.05) is 24.3 Å². The number of fused-ring (bicyclic) bond motifs is 2. The van der Waals surface area contributed by atoms with Crippen molar-refractivity contribution in [3.05, 3.63) is 93.1 Å². The maximum absolute atomic E-state index is 13.7. The molecule has 0 N–H and O–H groups in total. The number of rotatable bonds is 2. The third-order valence-corrected chi connectivity index (χ3v) is 6.48. The number of hydrogen-bond donors (Lipinski definition) is 0. The van der Waals surface area contributed by atoms with Gasteiger partial charge in [0, 0.05) is 32.7 Å². The van der Waals surface area contributed by atoms with Crippen LogP contribution < -0.4 is 10.7 Å². The molecular formula is C30H8F2N8. The molecule has 8 nitrogen and oxygen atoms in total. The van der Waals surface area contributed by atoms with Crippen LogP contribution in [0.25, 0.3) is 43.8 Å². The van der Waals surface area contributed by atoms with Crippen molar-refractivity contribution in [3.8, 4) is 58.9 Å². The lowest BCUT2D eigenvalue weighted by Crippen LogP contribution is -2.08. The molecule has 0 amide bonds. The minimum Gasteiger partial charge on any atom is -0.207 e. The summed E-state index contributed by atoms with van der Waals surface area (Å²) >= 11 is 0. The molecule has 182 valence electrons. The third kappa shape index (κ3) is 3.44. The number of nitriles is 6. The van der Waals surface area contributed by atoms with Crippen LogP contribution in [0.5, 0.6) is 0 Å². The van der Waals surface area contributed by atoms with E-state index >= 15 is 0 Å². The maximum Gasteiger partial charge on any atom is 0.206 e. The van der Waals surface area contributed by atoms with Gasteiger partial charge in [-0.25, -0.2) is 8.78 Å². The summed E-state index contributed by atoms with van der Waals surface area (Å²) in [4.78, 5) is 7.77. The molecule has 0 heterocycles. The highest BCUT2D eigenvalue weighted by Crippen LogP contribution is 2.41. The summed E-state index contributed by atoms with van der Waals surface area (Å²) < 4.78 is 27.4. The first-order valence-electron chi connectivity index (χ1n) is 11.3. The molecule has 0 aromatic heterocycles. The van der Waals surface area contributed by atoms with Gasteiger partial charge in [0.05, 0.1) is 33.0 Å². The Morgan fingerprint density at radius 1 is 0.450 bits per heavy atom. The smallest absolute Gasteiger partial charge is 0.206 e. The normalized spacial score (nSPS) is 11.4. The van der Waals surface area contributed by atoms with Crippen molar-refractivity contribution in [3.63, 3.8) is 0 Å². The predicted molar refractivity (Wildman–Crippen MR) is 136 cm³/mol. The first-order valence-corrected chi connectivity index (χ1v) is 11.3. The molecule has 0 aliphatic carbocycles. The second-order valence-electron chi connectivity index (χ2n) is 8.33. The van der Waals surface area contributed by atoms with E-state index in [1.807, 2.05) is 24.3 Å². The van der Waals surface area contributed by atoms with Crippen LogP contribution in [-0.2, 0) is 0 Å². The topological polar surface area (TPSA) is 167 Å². The molecule has 0 saturated heterocycles. The van der Waals surface area contributed by atoms with Crippen LogP contribution in [0.15, 0.2) is 58.5 Å². The van der Waals surface area contributed by atoms with Crippen LogP contribution in [-0.4, -0.2) is 0 Å². The van der Waals surface area contributed by atoms with Crippen LogP contribution >= 0.6 is 0 Å². The highest BCUT2D eigenvalue weighted by Gasteiger charge is 2.30. The van der Waals surface area contributed by atoms with E-state index in [1.165, 1.54) is 24.3 Å².